The molecule has 0 saturated carbocycles. The Labute approximate surface area is 117 Å². The van der Waals surface area contributed by atoms with Crippen molar-refractivity contribution in [3.8, 4) is 16.8 Å². The summed E-state index contributed by atoms with van der Waals surface area (Å²) in [5, 5.41) is 8.48. The zero-order valence-corrected chi connectivity index (χ0v) is 10.7. The first-order valence-corrected chi connectivity index (χ1v) is 6.18. The zero-order valence-electron chi connectivity index (χ0n) is 10.7. The van der Waals surface area contributed by atoms with E-state index < -0.39 is 0 Å². The van der Waals surface area contributed by atoms with Gasteiger partial charge in [-0.05, 0) is 0 Å². The van der Waals surface area contributed by atoms with Crippen molar-refractivity contribution in [3.05, 3.63) is 59.9 Å². The first-order chi connectivity index (χ1) is 10.3. The van der Waals surface area contributed by atoms with Gasteiger partial charge in [0, 0.05) is 42.0 Å². The normalized spacial score (nSPS) is 11.0. The maximum atomic E-state index is 11.4. The molecule has 0 unspecified atom stereocenters. The van der Waals surface area contributed by atoms with E-state index in [9.17, 15) is 4.79 Å². The number of fused-ring (bicyclic) bond motifs is 1. The van der Waals surface area contributed by atoms with Crippen LogP contribution in [0, 0.1) is 0 Å². The largest absolute Gasteiger partial charge is 0.305 e. The van der Waals surface area contributed by atoms with E-state index in [4.69, 9.17) is 0 Å². The predicted molar refractivity (Wildman–Crippen MR) is 74.0 cm³/mol. The van der Waals surface area contributed by atoms with Crippen LogP contribution in [0.1, 0.15) is 0 Å². The summed E-state index contributed by atoms with van der Waals surface area (Å²) < 4.78 is 3.24. The van der Waals surface area contributed by atoms with E-state index in [1.807, 2.05) is 6.20 Å². The highest BCUT2D eigenvalue weighted by Gasteiger charge is 2.09. The number of nitrogens with zero attached hydrogens (tertiary/aromatic N) is 6. The molecule has 0 saturated heterocycles. The minimum absolute atomic E-state index is 0.187. The Bertz CT molecular complexity index is 967. The van der Waals surface area contributed by atoms with Crippen molar-refractivity contribution in [2.24, 2.45) is 0 Å². The van der Waals surface area contributed by atoms with Crippen LogP contribution in [0.3, 0.4) is 0 Å². The van der Waals surface area contributed by atoms with Gasteiger partial charge in [0.25, 0.3) is 5.56 Å². The smallest absolute Gasteiger partial charge is 0.251 e. The molecule has 8 nitrogen and oxygen atoms in total. The minimum atomic E-state index is -0.187. The SMILES string of the molecule is O=c1ccn2ncc(-n3cc(-c4cncnc4)cn3)c2[nH]1. The molecule has 102 valence electrons. The number of nitrogens with one attached hydrogen (secondary N) is 1. The Kier molecular flexibility index (Phi) is 2.40. The summed E-state index contributed by atoms with van der Waals surface area (Å²) >= 11 is 0. The minimum Gasteiger partial charge on any atom is -0.305 e. The summed E-state index contributed by atoms with van der Waals surface area (Å²) in [6.07, 6.45) is 11.7. The molecular formula is C13H9N7O. The van der Waals surface area contributed by atoms with Crippen LogP contribution in [-0.4, -0.2) is 34.3 Å². The molecule has 8 heteroatoms. The van der Waals surface area contributed by atoms with Crippen molar-refractivity contribution < 1.29 is 0 Å². The van der Waals surface area contributed by atoms with Crippen LogP contribution < -0.4 is 5.56 Å². The first kappa shape index (κ1) is 11.5. The number of hydrogen-bond donors (Lipinski definition) is 1. The second kappa shape index (κ2) is 4.37. The van der Waals surface area contributed by atoms with Gasteiger partial charge in [-0.2, -0.15) is 10.2 Å². The number of aromatic nitrogens is 7. The molecule has 1 N–H and O–H groups in total. The summed E-state index contributed by atoms with van der Waals surface area (Å²) in [4.78, 5) is 22.2. The molecule has 21 heavy (non-hydrogen) atoms. The van der Waals surface area contributed by atoms with Crippen molar-refractivity contribution in [2.45, 2.75) is 0 Å². The van der Waals surface area contributed by atoms with Crippen molar-refractivity contribution in [3.63, 3.8) is 0 Å². The average molecular weight is 279 g/mol. The molecule has 0 bridgehead atoms. The van der Waals surface area contributed by atoms with Crippen LogP contribution in [0.2, 0.25) is 0 Å². The van der Waals surface area contributed by atoms with Crippen molar-refractivity contribution in [2.75, 3.05) is 0 Å². The Morgan fingerprint density at radius 3 is 2.71 bits per heavy atom. The quantitative estimate of drug-likeness (QED) is 0.582. The lowest BCUT2D eigenvalue weighted by Gasteiger charge is -1.98. The third kappa shape index (κ3) is 1.89. The molecule has 0 spiro atoms. The second-order valence-corrected chi connectivity index (χ2v) is 4.43. The van der Waals surface area contributed by atoms with Gasteiger partial charge in [-0.1, -0.05) is 0 Å². The zero-order chi connectivity index (χ0) is 14.2. The third-order valence-corrected chi connectivity index (χ3v) is 3.11. The van der Waals surface area contributed by atoms with E-state index in [-0.39, 0.29) is 5.56 Å². The van der Waals surface area contributed by atoms with Crippen LogP contribution in [0.25, 0.3) is 22.5 Å². The molecule has 0 amide bonds. The fraction of sp³-hybridized carbons (Fsp3) is 0. The highest BCUT2D eigenvalue weighted by molar-refractivity contribution is 5.62. The fourth-order valence-corrected chi connectivity index (χ4v) is 2.10. The van der Waals surface area contributed by atoms with Crippen molar-refractivity contribution in [1.82, 2.24) is 34.3 Å². The van der Waals surface area contributed by atoms with Crippen LogP contribution in [-0.2, 0) is 0 Å². The molecule has 4 aromatic rings. The summed E-state index contributed by atoms with van der Waals surface area (Å²) in [6.45, 7) is 0. The van der Waals surface area contributed by atoms with Gasteiger partial charge in [0.2, 0.25) is 0 Å². The average Bonchev–Trinajstić information content (AvgIpc) is 3.14. The van der Waals surface area contributed by atoms with Gasteiger partial charge in [-0.15, -0.1) is 0 Å². The number of aromatic amines is 1. The monoisotopic (exact) mass is 279 g/mol. The molecule has 4 aromatic heterocycles. The number of rotatable bonds is 2. The molecule has 0 aliphatic rings. The van der Waals surface area contributed by atoms with Crippen molar-refractivity contribution in [1.29, 1.82) is 0 Å². The van der Waals surface area contributed by atoms with E-state index in [2.05, 4.69) is 25.1 Å². The number of H-pyrrole nitrogens is 1. The lowest BCUT2D eigenvalue weighted by Crippen LogP contribution is -2.07. The maximum absolute atomic E-state index is 11.4. The van der Waals surface area contributed by atoms with Gasteiger partial charge in [-0.3, -0.25) is 4.79 Å². The molecule has 0 aliphatic heterocycles. The summed E-state index contributed by atoms with van der Waals surface area (Å²) in [7, 11) is 0. The van der Waals surface area contributed by atoms with Crippen LogP contribution >= 0.6 is 0 Å². The molecule has 0 atom stereocenters. The van der Waals surface area contributed by atoms with Crippen LogP contribution in [0.5, 0.6) is 0 Å². The molecule has 4 heterocycles. The molecule has 0 fully saturated rings. The fourth-order valence-electron chi connectivity index (χ4n) is 2.10. The predicted octanol–water partition coefficient (Wildman–Crippen LogP) is 0.665. The van der Waals surface area contributed by atoms with Gasteiger partial charge in [0.15, 0.2) is 5.65 Å². The Morgan fingerprint density at radius 2 is 1.86 bits per heavy atom. The molecular weight excluding hydrogens is 270 g/mol. The van der Waals surface area contributed by atoms with E-state index in [0.29, 0.717) is 11.3 Å². The first-order valence-electron chi connectivity index (χ1n) is 6.18. The topological polar surface area (TPSA) is 93.8 Å². The number of hydrogen-bond acceptors (Lipinski definition) is 5. The molecule has 0 aliphatic carbocycles. The van der Waals surface area contributed by atoms with E-state index in [0.717, 1.165) is 11.1 Å². The lowest BCUT2D eigenvalue weighted by atomic mass is 10.2. The Morgan fingerprint density at radius 1 is 1.00 bits per heavy atom. The van der Waals surface area contributed by atoms with Gasteiger partial charge < -0.3 is 4.98 Å². The summed E-state index contributed by atoms with van der Waals surface area (Å²) in [6, 6.07) is 1.42. The van der Waals surface area contributed by atoms with Gasteiger partial charge in [-0.25, -0.2) is 19.2 Å². The highest BCUT2D eigenvalue weighted by atomic mass is 16.1. The van der Waals surface area contributed by atoms with Crippen LogP contribution in [0.15, 0.2) is 54.4 Å². The molecule has 0 radical (unpaired) electrons. The van der Waals surface area contributed by atoms with Gasteiger partial charge in [0.1, 0.15) is 12.0 Å². The molecule has 4 rings (SSSR count). The lowest BCUT2D eigenvalue weighted by molar-refractivity contribution is 0.883. The van der Waals surface area contributed by atoms with E-state index >= 15 is 0 Å². The standard InChI is InChI=1S/C13H9N7O/c21-12-1-2-19-13(18-12)11(6-17-19)20-7-10(5-16-20)9-3-14-8-15-4-9/h1-8H,(H,18,21). The Hall–Kier alpha value is -3.29. The van der Waals surface area contributed by atoms with Gasteiger partial charge >= 0.3 is 0 Å². The van der Waals surface area contributed by atoms with Gasteiger partial charge in [0.05, 0.1) is 12.4 Å². The van der Waals surface area contributed by atoms with E-state index in [1.54, 1.807) is 40.2 Å². The highest BCUT2D eigenvalue weighted by Crippen LogP contribution is 2.19. The Balaban J connectivity index is 1.85. The van der Waals surface area contributed by atoms with Crippen molar-refractivity contribution >= 4 is 5.65 Å². The molecule has 0 aromatic carbocycles. The van der Waals surface area contributed by atoms with Crippen LogP contribution in [0.4, 0.5) is 0 Å². The summed E-state index contributed by atoms with van der Waals surface area (Å²) in [5.41, 5.74) is 2.84. The second-order valence-electron chi connectivity index (χ2n) is 4.43. The summed E-state index contributed by atoms with van der Waals surface area (Å²) in [5.74, 6) is 0. The van der Waals surface area contributed by atoms with E-state index in [1.165, 1.54) is 12.4 Å². The maximum Gasteiger partial charge on any atom is 0.251 e. The third-order valence-electron chi connectivity index (χ3n) is 3.11.